The molecule has 4 heteroatoms. The fourth-order valence-corrected chi connectivity index (χ4v) is 1.89. The van der Waals surface area contributed by atoms with E-state index in [0.29, 0.717) is 20.4 Å². The van der Waals surface area contributed by atoms with Gasteiger partial charge >= 0.3 is 0 Å². The number of fused-ring (bicyclic) bond motifs is 1. The molecule has 0 fully saturated rings. The van der Waals surface area contributed by atoms with Gasteiger partial charge in [-0.1, -0.05) is 11.6 Å². The fraction of sp³-hybridized carbons (Fsp3) is 0.100. The van der Waals surface area contributed by atoms with E-state index in [9.17, 15) is 4.39 Å². The summed E-state index contributed by atoms with van der Waals surface area (Å²) in [6.07, 6.45) is 1.44. The Morgan fingerprint density at radius 1 is 1.43 bits per heavy atom. The lowest BCUT2D eigenvalue weighted by molar-refractivity contribution is 0.635. The van der Waals surface area contributed by atoms with Crippen molar-refractivity contribution in [2.45, 2.75) is 6.92 Å². The van der Waals surface area contributed by atoms with Gasteiger partial charge in [-0.05, 0) is 40.5 Å². The molecule has 0 amide bonds. The molecule has 0 aliphatic rings. The number of aryl methyl sites for hydroxylation is 1. The molecule has 0 aliphatic carbocycles. The monoisotopic (exact) mass is 273 g/mol. The molecule has 2 rings (SSSR count). The number of nitrogens with zero attached hydrogens (tertiary/aromatic N) is 1. The van der Waals surface area contributed by atoms with Crippen LogP contribution in [0.3, 0.4) is 0 Å². The molecular weight excluding hydrogens is 268 g/mol. The zero-order chi connectivity index (χ0) is 10.3. The van der Waals surface area contributed by atoms with Gasteiger partial charge in [0.05, 0.1) is 5.02 Å². The van der Waals surface area contributed by atoms with Crippen LogP contribution in [0, 0.1) is 12.7 Å². The molecule has 0 unspecified atom stereocenters. The second-order valence-electron chi connectivity index (χ2n) is 3.06. The Bertz CT molecular complexity index is 513. The summed E-state index contributed by atoms with van der Waals surface area (Å²) in [4.78, 5) is 3.95. The molecule has 0 radical (unpaired) electrons. The minimum atomic E-state index is -0.322. The lowest BCUT2D eigenvalue weighted by Crippen LogP contribution is -1.87. The number of hydrogen-bond donors (Lipinski definition) is 0. The largest absolute Gasteiger partial charge is 0.252 e. The second kappa shape index (κ2) is 3.48. The highest BCUT2D eigenvalue weighted by atomic mass is 79.9. The van der Waals surface area contributed by atoms with Gasteiger partial charge in [0.2, 0.25) is 0 Å². The van der Waals surface area contributed by atoms with Gasteiger partial charge in [0.15, 0.2) is 0 Å². The maximum Gasteiger partial charge on any atom is 0.149 e. The third-order valence-corrected chi connectivity index (χ3v) is 3.33. The first kappa shape index (κ1) is 9.87. The SMILES string of the molecule is Cc1cc(F)c2ncc(Cl)c(Br)c2c1. The van der Waals surface area contributed by atoms with E-state index < -0.39 is 0 Å². The first-order valence-electron chi connectivity index (χ1n) is 3.99. The van der Waals surface area contributed by atoms with E-state index in [1.54, 1.807) is 0 Å². The molecule has 0 bridgehead atoms. The van der Waals surface area contributed by atoms with Gasteiger partial charge in [-0.3, -0.25) is 4.98 Å². The molecule has 0 spiro atoms. The first-order valence-corrected chi connectivity index (χ1v) is 5.16. The van der Waals surface area contributed by atoms with Crippen LogP contribution in [-0.4, -0.2) is 4.98 Å². The molecule has 0 N–H and O–H groups in total. The zero-order valence-electron chi connectivity index (χ0n) is 7.31. The van der Waals surface area contributed by atoms with Gasteiger partial charge < -0.3 is 0 Å². The van der Waals surface area contributed by atoms with Crippen molar-refractivity contribution in [3.63, 3.8) is 0 Å². The molecule has 14 heavy (non-hydrogen) atoms. The summed E-state index contributed by atoms with van der Waals surface area (Å²) in [6.45, 7) is 1.83. The summed E-state index contributed by atoms with van der Waals surface area (Å²) in [5.74, 6) is -0.322. The van der Waals surface area contributed by atoms with E-state index in [1.165, 1.54) is 12.3 Å². The number of aromatic nitrogens is 1. The highest BCUT2D eigenvalue weighted by Crippen LogP contribution is 2.31. The van der Waals surface area contributed by atoms with Crippen LogP contribution in [0.5, 0.6) is 0 Å². The van der Waals surface area contributed by atoms with Crippen molar-refractivity contribution in [2.75, 3.05) is 0 Å². The standard InChI is InChI=1S/C10H6BrClFN/c1-5-2-6-9(11)7(12)4-14-10(6)8(13)3-5/h2-4H,1H3. The quantitative estimate of drug-likeness (QED) is 0.705. The predicted molar refractivity (Wildman–Crippen MR) is 59.1 cm³/mol. The molecule has 1 aromatic carbocycles. The highest BCUT2D eigenvalue weighted by Gasteiger charge is 2.08. The molecule has 1 heterocycles. The van der Waals surface area contributed by atoms with Crippen molar-refractivity contribution in [3.8, 4) is 0 Å². The fourth-order valence-electron chi connectivity index (χ4n) is 1.34. The number of rotatable bonds is 0. The van der Waals surface area contributed by atoms with Crippen molar-refractivity contribution in [3.05, 3.63) is 39.2 Å². The van der Waals surface area contributed by atoms with Gasteiger partial charge in [0, 0.05) is 16.1 Å². The molecule has 0 saturated heterocycles. The average molecular weight is 275 g/mol. The Hall–Kier alpha value is -0.670. The molecule has 1 nitrogen and oxygen atoms in total. The van der Waals surface area contributed by atoms with Crippen LogP contribution >= 0.6 is 27.5 Å². The lowest BCUT2D eigenvalue weighted by atomic mass is 10.1. The van der Waals surface area contributed by atoms with E-state index in [1.807, 2.05) is 13.0 Å². The third-order valence-electron chi connectivity index (χ3n) is 1.96. The van der Waals surface area contributed by atoms with Gasteiger partial charge in [-0.25, -0.2) is 4.39 Å². The topological polar surface area (TPSA) is 12.9 Å². The average Bonchev–Trinajstić information content (AvgIpc) is 2.12. The summed E-state index contributed by atoms with van der Waals surface area (Å²) >= 11 is 9.17. The molecule has 1 aromatic heterocycles. The Balaban J connectivity index is 2.95. The van der Waals surface area contributed by atoms with Crippen molar-refractivity contribution in [1.29, 1.82) is 0 Å². The van der Waals surface area contributed by atoms with E-state index in [2.05, 4.69) is 20.9 Å². The summed E-state index contributed by atoms with van der Waals surface area (Å²) in [5, 5.41) is 1.19. The van der Waals surface area contributed by atoms with E-state index in [0.717, 1.165) is 5.56 Å². The normalized spacial score (nSPS) is 10.9. The lowest BCUT2D eigenvalue weighted by Gasteiger charge is -2.04. The summed E-state index contributed by atoms with van der Waals surface area (Å²) in [5.41, 5.74) is 1.19. The van der Waals surface area contributed by atoms with E-state index >= 15 is 0 Å². The maximum atomic E-state index is 13.4. The van der Waals surface area contributed by atoms with Crippen molar-refractivity contribution in [2.24, 2.45) is 0 Å². The smallest absolute Gasteiger partial charge is 0.149 e. The van der Waals surface area contributed by atoms with Crippen molar-refractivity contribution >= 4 is 38.4 Å². The van der Waals surface area contributed by atoms with Crippen LogP contribution in [0.1, 0.15) is 5.56 Å². The van der Waals surface area contributed by atoms with E-state index in [-0.39, 0.29) is 5.82 Å². The van der Waals surface area contributed by atoms with Gasteiger partial charge in [-0.2, -0.15) is 0 Å². The first-order chi connectivity index (χ1) is 6.59. The number of hydrogen-bond acceptors (Lipinski definition) is 1. The zero-order valence-corrected chi connectivity index (χ0v) is 9.66. The Kier molecular flexibility index (Phi) is 2.45. The van der Waals surface area contributed by atoms with Crippen LogP contribution in [0.4, 0.5) is 4.39 Å². The van der Waals surface area contributed by atoms with E-state index in [4.69, 9.17) is 11.6 Å². The maximum absolute atomic E-state index is 13.4. The Morgan fingerprint density at radius 2 is 2.14 bits per heavy atom. The minimum absolute atomic E-state index is 0.322. The second-order valence-corrected chi connectivity index (χ2v) is 4.26. The van der Waals surface area contributed by atoms with Crippen molar-refractivity contribution < 1.29 is 4.39 Å². The molecular formula is C10H6BrClFN. The number of benzene rings is 1. The van der Waals surface area contributed by atoms with Gasteiger partial charge in [-0.15, -0.1) is 0 Å². The Morgan fingerprint density at radius 3 is 2.86 bits per heavy atom. The molecule has 0 atom stereocenters. The summed E-state index contributed by atoms with van der Waals surface area (Å²) in [7, 11) is 0. The highest BCUT2D eigenvalue weighted by molar-refractivity contribution is 9.10. The molecule has 0 aliphatic heterocycles. The van der Waals surface area contributed by atoms with Crippen LogP contribution < -0.4 is 0 Å². The van der Waals surface area contributed by atoms with Gasteiger partial charge in [0.1, 0.15) is 11.3 Å². The molecule has 2 aromatic rings. The van der Waals surface area contributed by atoms with Crippen LogP contribution in [0.2, 0.25) is 5.02 Å². The molecule has 0 saturated carbocycles. The van der Waals surface area contributed by atoms with Gasteiger partial charge in [0.25, 0.3) is 0 Å². The Labute approximate surface area is 94.0 Å². The summed E-state index contributed by atoms with van der Waals surface area (Å²) in [6, 6.07) is 3.30. The minimum Gasteiger partial charge on any atom is -0.252 e. The van der Waals surface area contributed by atoms with Crippen LogP contribution in [0.25, 0.3) is 10.9 Å². The van der Waals surface area contributed by atoms with Crippen LogP contribution in [0.15, 0.2) is 22.8 Å². The summed E-state index contributed by atoms with van der Waals surface area (Å²) < 4.78 is 14.1. The predicted octanol–water partition coefficient (Wildman–Crippen LogP) is 4.10. The van der Waals surface area contributed by atoms with Crippen LogP contribution in [-0.2, 0) is 0 Å². The number of pyridine rings is 1. The van der Waals surface area contributed by atoms with Crippen molar-refractivity contribution in [1.82, 2.24) is 4.98 Å². The number of halogens is 3. The molecule has 72 valence electrons. The third kappa shape index (κ3) is 1.51.